The molecule has 2 rings (SSSR count). The van der Waals surface area contributed by atoms with Crippen LogP contribution in [0.25, 0.3) is 0 Å². The van der Waals surface area contributed by atoms with Crippen molar-refractivity contribution in [2.75, 3.05) is 18.1 Å². The Bertz CT molecular complexity index is 343. The van der Waals surface area contributed by atoms with Crippen LogP contribution in [0, 0.1) is 17.3 Å². The second kappa shape index (κ2) is 5.81. The van der Waals surface area contributed by atoms with E-state index in [4.69, 9.17) is 4.99 Å². The van der Waals surface area contributed by atoms with E-state index in [0.717, 1.165) is 18.4 Å². The first-order valence-electron chi connectivity index (χ1n) is 7.46. The van der Waals surface area contributed by atoms with Gasteiger partial charge in [0.15, 0.2) is 0 Å². The van der Waals surface area contributed by atoms with E-state index in [0.29, 0.717) is 5.41 Å². The molecule has 104 valence electrons. The Labute approximate surface area is 115 Å². The van der Waals surface area contributed by atoms with Crippen molar-refractivity contribution in [2.24, 2.45) is 22.2 Å². The summed E-state index contributed by atoms with van der Waals surface area (Å²) >= 11 is 0. The van der Waals surface area contributed by atoms with Crippen LogP contribution in [0.15, 0.2) is 17.1 Å². The lowest BCUT2D eigenvalue weighted by molar-refractivity contribution is 0.140. The zero-order chi connectivity index (χ0) is 13.2. The molecule has 3 unspecified atom stereocenters. The third-order valence-electron chi connectivity index (χ3n) is 4.70. The molecule has 1 aliphatic heterocycles. The maximum Gasteiger partial charge on any atom is 0.0523 e. The first kappa shape index (κ1) is 14.2. The molecular formula is C16H29NS. The van der Waals surface area contributed by atoms with Gasteiger partial charge in [0.1, 0.15) is 0 Å². The van der Waals surface area contributed by atoms with Crippen LogP contribution in [-0.2, 0) is 0 Å². The zero-order valence-corrected chi connectivity index (χ0v) is 13.3. The van der Waals surface area contributed by atoms with Gasteiger partial charge < -0.3 is 0 Å². The number of hydrogen-bond acceptors (Lipinski definition) is 1. The van der Waals surface area contributed by atoms with Crippen LogP contribution < -0.4 is 0 Å². The first-order valence-corrected chi connectivity index (χ1v) is 9.18. The lowest BCUT2D eigenvalue weighted by atomic mass is 9.64. The van der Waals surface area contributed by atoms with Crippen molar-refractivity contribution in [3.05, 3.63) is 12.2 Å². The average molecular weight is 267 g/mol. The smallest absolute Gasteiger partial charge is 0.0523 e. The molecule has 1 fully saturated rings. The molecule has 2 heteroatoms. The van der Waals surface area contributed by atoms with E-state index in [9.17, 15) is 0 Å². The molecule has 0 radical (unpaired) electrons. The Kier molecular flexibility index (Phi) is 4.58. The van der Waals surface area contributed by atoms with Crippen molar-refractivity contribution in [3.63, 3.8) is 0 Å². The molecule has 0 aromatic heterocycles. The lowest BCUT2D eigenvalue weighted by Crippen LogP contribution is -2.39. The molecule has 3 atom stereocenters. The minimum Gasteiger partial charge on any atom is -0.284 e. The Balaban J connectivity index is 2.17. The highest BCUT2D eigenvalue weighted by atomic mass is 32.2. The summed E-state index contributed by atoms with van der Waals surface area (Å²) in [4.78, 5) is 4.95. The fraction of sp³-hybridized carbons (Fsp3) is 0.812. The van der Waals surface area contributed by atoms with E-state index in [1.165, 1.54) is 30.8 Å². The van der Waals surface area contributed by atoms with E-state index >= 15 is 0 Å². The summed E-state index contributed by atoms with van der Waals surface area (Å²) in [7, 11) is 0.0408. The van der Waals surface area contributed by atoms with Crippen LogP contribution >= 0.6 is 10.9 Å². The van der Waals surface area contributed by atoms with E-state index in [1.807, 2.05) is 0 Å². The zero-order valence-electron chi connectivity index (χ0n) is 12.4. The fourth-order valence-electron chi connectivity index (χ4n) is 3.79. The highest BCUT2D eigenvalue weighted by molar-refractivity contribution is 8.30. The topological polar surface area (TPSA) is 12.4 Å². The highest BCUT2D eigenvalue weighted by Gasteiger charge is 2.42. The van der Waals surface area contributed by atoms with Crippen LogP contribution in [0.4, 0.5) is 0 Å². The monoisotopic (exact) mass is 267 g/mol. The molecule has 0 N–H and O–H groups in total. The minimum absolute atomic E-state index is 0.0408. The minimum atomic E-state index is 0.0408. The first-order chi connectivity index (χ1) is 8.56. The molecule has 0 bridgehead atoms. The summed E-state index contributed by atoms with van der Waals surface area (Å²) < 4.78 is 0. The van der Waals surface area contributed by atoms with Gasteiger partial charge in [-0.2, -0.15) is 0 Å². The van der Waals surface area contributed by atoms with Crippen LogP contribution in [0.3, 0.4) is 0 Å². The number of hydrogen-bond donors (Lipinski definition) is 1. The third-order valence-corrected chi connectivity index (χ3v) is 7.16. The molecular weight excluding hydrogens is 238 g/mol. The second-order valence-corrected chi connectivity index (χ2v) is 8.94. The molecule has 0 saturated heterocycles. The molecule has 1 saturated carbocycles. The van der Waals surface area contributed by atoms with Gasteiger partial charge in [-0.3, -0.25) is 4.99 Å². The van der Waals surface area contributed by atoms with Gasteiger partial charge in [0.2, 0.25) is 0 Å². The van der Waals surface area contributed by atoms with Gasteiger partial charge in [0.05, 0.1) is 5.04 Å². The van der Waals surface area contributed by atoms with Gasteiger partial charge in [-0.05, 0) is 36.2 Å². The maximum absolute atomic E-state index is 4.95. The van der Waals surface area contributed by atoms with E-state index in [1.54, 1.807) is 5.04 Å². The Morgan fingerprint density at radius 1 is 1.44 bits per heavy atom. The molecule has 2 aliphatic rings. The molecule has 0 aromatic rings. The van der Waals surface area contributed by atoms with Crippen molar-refractivity contribution in [1.82, 2.24) is 0 Å². The van der Waals surface area contributed by atoms with Crippen molar-refractivity contribution in [2.45, 2.75) is 47.0 Å². The quantitative estimate of drug-likeness (QED) is 0.573. The number of rotatable bonds is 3. The number of aliphatic imine (C=N–C) groups is 1. The third kappa shape index (κ3) is 2.84. The SMILES string of the molecule is CC=CC[SH]1CCN=C1C1C(C)CCCC1(C)C. The summed E-state index contributed by atoms with van der Waals surface area (Å²) in [5, 5.41) is 1.63. The summed E-state index contributed by atoms with van der Waals surface area (Å²) in [5.41, 5.74) is 0.470. The number of thiol groups is 1. The second-order valence-electron chi connectivity index (χ2n) is 6.59. The molecule has 0 aromatic carbocycles. The number of allylic oxidation sites excluding steroid dienone is 1. The highest BCUT2D eigenvalue weighted by Crippen LogP contribution is 2.50. The molecule has 0 spiro atoms. The number of nitrogens with zero attached hydrogens (tertiary/aromatic N) is 1. The maximum atomic E-state index is 4.95. The Morgan fingerprint density at radius 2 is 2.22 bits per heavy atom. The van der Waals surface area contributed by atoms with Gasteiger partial charge in [-0.1, -0.05) is 45.8 Å². The molecule has 18 heavy (non-hydrogen) atoms. The lowest BCUT2D eigenvalue weighted by Gasteiger charge is -2.44. The fourth-order valence-corrected chi connectivity index (χ4v) is 6.49. The van der Waals surface area contributed by atoms with Crippen molar-refractivity contribution in [3.8, 4) is 0 Å². The predicted molar refractivity (Wildman–Crippen MR) is 86.1 cm³/mol. The Morgan fingerprint density at radius 3 is 2.89 bits per heavy atom. The van der Waals surface area contributed by atoms with Crippen molar-refractivity contribution >= 4 is 15.9 Å². The normalized spacial score (nSPS) is 38.0. The van der Waals surface area contributed by atoms with Crippen LogP contribution in [0.5, 0.6) is 0 Å². The summed E-state index contributed by atoms with van der Waals surface area (Å²) in [5.74, 6) is 4.20. The van der Waals surface area contributed by atoms with E-state index in [-0.39, 0.29) is 10.9 Å². The van der Waals surface area contributed by atoms with Crippen LogP contribution in [-0.4, -0.2) is 23.1 Å². The van der Waals surface area contributed by atoms with Gasteiger partial charge in [-0.25, -0.2) is 10.9 Å². The van der Waals surface area contributed by atoms with Gasteiger partial charge in [0.25, 0.3) is 0 Å². The summed E-state index contributed by atoms with van der Waals surface area (Å²) in [6, 6.07) is 0. The van der Waals surface area contributed by atoms with Gasteiger partial charge in [-0.15, -0.1) is 0 Å². The van der Waals surface area contributed by atoms with E-state index < -0.39 is 0 Å². The summed E-state index contributed by atoms with van der Waals surface area (Å²) in [6.07, 6.45) is 8.75. The molecule has 1 heterocycles. The summed E-state index contributed by atoms with van der Waals surface area (Å²) in [6.45, 7) is 10.6. The van der Waals surface area contributed by atoms with Gasteiger partial charge in [0, 0.05) is 12.5 Å². The molecule has 1 nitrogen and oxygen atoms in total. The van der Waals surface area contributed by atoms with Crippen LogP contribution in [0.2, 0.25) is 0 Å². The standard InChI is InChI=1S/C16H29NS/c1-5-6-11-18-12-10-17-15(18)14-13(2)8-7-9-16(14,3)4/h5-6,13-14,18H,7-12H2,1-4H3. The van der Waals surface area contributed by atoms with E-state index in [2.05, 4.69) is 39.8 Å². The molecule has 1 aliphatic carbocycles. The Hall–Kier alpha value is -0.240. The average Bonchev–Trinajstić information content (AvgIpc) is 2.73. The van der Waals surface area contributed by atoms with Crippen molar-refractivity contribution < 1.29 is 0 Å². The van der Waals surface area contributed by atoms with Crippen LogP contribution in [0.1, 0.15) is 47.0 Å². The predicted octanol–water partition coefficient (Wildman–Crippen LogP) is 4.44. The van der Waals surface area contributed by atoms with Gasteiger partial charge >= 0.3 is 0 Å². The van der Waals surface area contributed by atoms with Crippen molar-refractivity contribution in [1.29, 1.82) is 0 Å². The largest absolute Gasteiger partial charge is 0.284 e. The molecule has 0 amide bonds.